The molecule has 1 aromatic carbocycles. The first-order chi connectivity index (χ1) is 8.43. The van der Waals surface area contributed by atoms with Gasteiger partial charge in [-0.1, -0.05) is 6.07 Å². The first-order valence-corrected chi connectivity index (χ1v) is 5.70. The van der Waals surface area contributed by atoms with Crippen LogP contribution in [0.4, 0.5) is 0 Å². The molecule has 0 aliphatic heterocycles. The Balaban J connectivity index is 3.05. The fourth-order valence-electron chi connectivity index (χ4n) is 1.44. The van der Waals surface area contributed by atoms with Crippen LogP contribution < -0.4 is 9.47 Å². The van der Waals surface area contributed by atoms with Crippen LogP contribution in [0.3, 0.4) is 0 Å². The lowest BCUT2D eigenvalue weighted by molar-refractivity contribution is -0.132. The number of benzene rings is 1. The minimum Gasteiger partial charge on any atom is -0.493 e. The van der Waals surface area contributed by atoms with Crippen molar-refractivity contribution in [1.29, 1.82) is 0 Å². The van der Waals surface area contributed by atoms with E-state index in [-0.39, 0.29) is 11.7 Å². The Morgan fingerprint density at radius 3 is 2.50 bits per heavy atom. The molecule has 0 unspecified atom stereocenters. The van der Waals surface area contributed by atoms with Gasteiger partial charge >= 0.3 is 5.97 Å². The average molecular weight is 250 g/mol. The van der Waals surface area contributed by atoms with Gasteiger partial charge in [-0.25, -0.2) is 4.79 Å². The van der Waals surface area contributed by atoms with E-state index in [1.165, 1.54) is 0 Å². The van der Waals surface area contributed by atoms with Gasteiger partial charge in [-0.2, -0.15) is 0 Å². The zero-order valence-electron chi connectivity index (χ0n) is 11.1. The molecule has 4 nitrogen and oxygen atoms in total. The molecule has 1 aromatic rings. The summed E-state index contributed by atoms with van der Waals surface area (Å²) in [5, 5.41) is 8.82. The number of carbonyl (C=O) groups is 1. The van der Waals surface area contributed by atoms with Gasteiger partial charge in [0.2, 0.25) is 0 Å². The van der Waals surface area contributed by atoms with Crippen LogP contribution in [0.5, 0.6) is 11.5 Å². The molecule has 0 aliphatic rings. The van der Waals surface area contributed by atoms with Gasteiger partial charge in [0.1, 0.15) is 0 Å². The fourth-order valence-corrected chi connectivity index (χ4v) is 1.44. The summed E-state index contributed by atoms with van der Waals surface area (Å²) in [5.41, 5.74) is 1.04. The fraction of sp³-hybridized carbons (Fsp3) is 0.357. The standard InChI is InChI=1S/C14H18O4/c1-9(2)18-12-6-5-11(8-13(12)17-4)7-10(3)14(15)16/h5-9H,1-4H3,(H,15,16)/b10-7+. The van der Waals surface area contributed by atoms with Gasteiger partial charge in [0.05, 0.1) is 13.2 Å². The maximum atomic E-state index is 10.7. The van der Waals surface area contributed by atoms with Crippen LogP contribution in [0, 0.1) is 0 Å². The SMILES string of the molecule is COc1cc(/C=C(\C)C(=O)O)ccc1OC(C)C. The Hall–Kier alpha value is -1.97. The Kier molecular flexibility index (Phi) is 4.77. The molecule has 0 saturated heterocycles. The number of methoxy groups -OCH3 is 1. The summed E-state index contributed by atoms with van der Waals surface area (Å²) < 4.78 is 10.8. The third-order valence-electron chi connectivity index (χ3n) is 2.27. The molecule has 0 spiro atoms. The Labute approximate surface area is 107 Å². The smallest absolute Gasteiger partial charge is 0.331 e. The van der Waals surface area contributed by atoms with Crippen molar-refractivity contribution in [3.05, 3.63) is 29.3 Å². The van der Waals surface area contributed by atoms with Crippen LogP contribution in [-0.2, 0) is 4.79 Å². The van der Waals surface area contributed by atoms with Gasteiger partial charge < -0.3 is 14.6 Å². The van der Waals surface area contributed by atoms with E-state index in [1.807, 2.05) is 13.8 Å². The minimum atomic E-state index is -0.934. The van der Waals surface area contributed by atoms with E-state index < -0.39 is 5.97 Å². The van der Waals surface area contributed by atoms with E-state index in [4.69, 9.17) is 14.6 Å². The molecule has 0 aromatic heterocycles. The zero-order valence-corrected chi connectivity index (χ0v) is 11.1. The second kappa shape index (κ2) is 6.10. The number of ether oxygens (including phenoxy) is 2. The number of rotatable bonds is 5. The largest absolute Gasteiger partial charge is 0.493 e. The summed E-state index contributed by atoms with van der Waals surface area (Å²) in [5.74, 6) is 0.310. The number of hydrogen-bond acceptors (Lipinski definition) is 3. The highest BCUT2D eigenvalue weighted by Crippen LogP contribution is 2.29. The molecule has 0 amide bonds. The van der Waals surface area contributed by atoms with E-state index in [9.17, 15) is 4.79 Å². The van der Waals surface area contributed by atoms with E-state index in [1.54, 1.807) is 38.3 Å². The maximum absolute atomic E-state index is 10.7. The van der Waals surface area contributed by atoms with Crippen LogP contribution in [0.15, 0.2) is 23.8 Å². The van der Waals surface area contributed by atoms with Crippen molar-refractivity contribution < 1.29 is 19.4 Å². The lowest BCUT2D eigenvalue weighted by atomic mass is 10.1. The van der Waals surface area contributed by atoms with Gasteiger partial charge in [0, 0.05) is 5.57 Å². The normalized spacial score (nSPS) is 11.5. The number of carboxylic acids is 1. The number of hydrogen-bond donors (Lipinski definition) is 1. The van der Waals surface area contributed by atoms with Crippen LogP contribution >= 0.6 is 0 Å². The molecule has 0 bridgehead atoms. The van der Waals surface area contributed by atoms with Gasteiger partial charge in [0.25, 0.3) is 0 Å². The van der Waals surface area contributed by atoms with Crippen molar-refractivity contribution in [3.63, 3.8) is 0 Å². The predicted octanol–water partition coefficient (Wildman–Crippen LogP) is 2.97. The second-order valence-electron chi connectivity index (χ2n) is 4.21. The molecule has 98 valence electrons. The first kappa shape index (κ1) is 14.1. The molecule has 1 N–H and O–H groups in total. The third kappa shape index (κ3) is 3.80. The van der Waals surface area contributed by atoms with Crippen molar-refractivity contribution in [3.8, 4) is 11.5 Å². The van der Waals surface area contributed by atoms with Crippen LogP contribution in [0.2, 0.25) is 0 Å². The van der Waals surface area contributed by atoms with E-state index in [0.29, 0.717) is 11.5 Å². The minimum absolute atomic E-state index is 0.0565. The number of aliphatic carboxylic acids is 1. The van der Waals surface area contributed by atoms with E-state index in [2.05, 4.69) is 0 Å². The number of carboxylic acid groups (broad SMARTS) is 1. The first-order valence-electron chi connectivity index (χ1n) is 5.70. The molecule has 0 saturated carbocycles. The topological polar surface area (TPSA) is 55.8 Å². The van der Waals surface area contributed by atoms with E-state index in [0.717, 1.165) is 5.56 Å². The van der Waals surface area contributed by atoms with Gasteiger partial charge in [-0.05, 0) is 44.5 Å². The summed E-state index contributed by atoms with van der Waals surface area (Å²) in [6.45, 7) is 5.41. The summed E-state index contributed by atoms with van der Waals surface area (Å²) in [6, 6.07) is 5.33. The highest BCUT2D eigenvalue weighted by Gasteiger charge is 2.07. The molecule has 0 heterocycles. The Morgan fingerprint density at radius 1 is 1.33 bits per heavy atom. The lowest BCUT2D eigenvalue weighted by Crippen LogP contribution is -2.06. The third-order valence-corrected chi connectivity index (χ3v) is 2.27. The molecular weight excluding hydrogens is 232 g/mol. The second-order valence-corrected chi connectivity index (χ2v) is 4.21. The van der Waals surface area contributed by atoms with Gasteiger partial charge in [-0.15, -0.1) is 0 Å². The maximum Gasteiger partial charge on any atom is 0.331 e. The highest BCUT2D eigenvalue weighted by molar-refractivity contribution is 5.91. The molecule has 0 fully saturated rings. The molecule has 18 heavy (non-hydrogen) atoms. The van der Waals surface area contributed by atoms with Crippen LogP contribution in [0.1, 0.15) is 26.3 Å². The van der Waals surface area contributed by atoms with Crippen LogP contribution in [0.25, 0.3) is 6.08 Å². The molecular formula is C14H18O4. The predicted molar refractivity (Wildman–Crippen MR) is 70.0 cm³/mol. The van der Waals surface area contributed by atoms with Crippen molar-refractivity contribution >= 4 is 12.0 Å². The molecule has 4 heteroatoms. The lowest BCUT2D eigenvalue weighted by Gasteiger charge is -2.13. The van der Waals surface area contributed by atoms with Crippen molar-refractivity contribution in [1.82, 2.24) is 0 Å². The molecule has 0 radical (unpaired) electrons. The van der Waals surface area contributed by atoms with Gasteiger partial charge in [0.15, 0.2) is 11.5 Å². The zero-order chi connectivity index (χ0) is 13.7. The van der Waals surface area contributed by atoms with E-state index >= 15 is 0 Å². The summed E-state index contributed by atoms with van der Waals surface area (Å²) in [4.78, 5) is 10.7. The molecule has 0 aliphatic carbocycles. The summed E-state index contributed by atoms with van der Waals surface area (Å²) in [7, 11) is 1.56. The van der Waals surface area contributed by atoms with Crippen molar-refractivity contribution in [2.24, 2.45) is 0 Å². The summed E-state index contributed by atoms with van der Waals surface area (Å²) >= 11 is 0. The Bertz CT molecular complexity index is 461. The van der Waals surface area contributed by atoms with Crippen LogP contribution in [-0.4, -0.2) is 24.3 Å². The van der Waals surface area contributed by atoms with Gasteiger partial charge in [-0.3, -0.25) is 0 Å². The monoisotopic (exact) mass is 250 g/mol. The van der Waals surface area contributed by atoms with Crippen molar-refractivity contribution in [2.45, 2.75) is 26.9 Å². The average Bonchev–Trinajstić information content (AvgIpc) is 2.30. The highest BCUT2D eigenvalue weighted by atomic mass is 16.5. The molecule has 1 rings (SSSR count). The molecule has 0 atom stereocenters. The van der Waals surface area contributed by atoms with Crippen molar-refractivity contribution in [2.75, 3.05) is 7.11 Å². The quantitative estimate of drug-likeness (QED) is 0.816. The summed E-state index contributed by atoms with van der Waals surface area (Å²) in [6.07, 6.45) is 1.64. The Morgan fingerprint density at radius 2 is 2.00 bits per heavy atom.